The number of β-lactam (4-membered cyclic amide) rings is 1. The fraction of sp³-hybridized carbons (Fsp3) is 0.292. The summed E-state index contributed by atoms with van der Waals surface area (Å²) in [6, 6.07) is 13.4. The molecule has 0 saturated carbocycles. The van der Waals surface area contributed by atoms with Crippen LogP contribution in [0.15, 0.2) is 71.6 Å². The second-order valence-corrected chi connectivity index (χ2v) is 12.1. The summed E-state index contributed by atoms with van der Waals surface area (Å²) < 4.78 is 36.4. The van der Waals surface area contributed by atoms with E-state index in [1.165, 1.54) is 19.1 Å². The van der Waals surface area contributed by atoms with Gasteiger partial charge in [0.1, 0.15) is 12.4 Å². The van der Waals surface area contributed by atoms with Crippen molar-refractivity contribution >= 4 is 37.4 Å². The molecule has 0 spiro atoms. The summed E-state index contributed by atoms with van der Waals surface area (Å²) in [4.78, 5) is 37.4. The summed E-state index contributed by atoms with van der Waals surface area (Å²) >= 11 is 0. The highest BCUT2D eigenvalue weighted by molar-refractivity contribution is 8.72. The minimum Gasteiger partial charge on any atom is -0.497 e. The van der Waals surface area contributed by atoms with Crippen LogP contribution in [0.2, 0.25) is 0 Å². The molecule has 11 heteroatoms. The summed E-state index contributed by atoms with van der Waals surface area (Å²) in [5, 5.41) is 2.46. The van der Waals surface area contributed by atoms with Crippen LogP contribution < -0.4 is 10.1 Å². The number of methoxy groups -OCH3 is 1. The number of hydrogen-bond acceptors (Lipinski definition) is 8. The molecule has 2 atom stereocenters. The summed E-state index contributed by atoms with van der Waals surface area (Å²) in [6.07, 6.45) is 0. The Labute approximate surface area is 207 Å². The molecular weight excluding hydrogens is 492 g/mol. The van der Waals surface area contributed by atoms with Crippen LogP contribution in [0.3, 0.4) is 0 Å². The molecule has 2 aromatic rings. The van der Waals surface area contributed by atoms with Gasteiger partial charge < -0.3 is 19.7 Å². The first-order valence-corrected chi connectivity index (χ1v) is 13.4. The zero-order chi connectivity index (χ0) is 25.8. The SMILES string of the molecule is C=C(C)C(C(=O)OCc1ccc(OC)cc1)N1CC(NC(C)=O)(SS(=O)(=O)c2ccccc2)C1=O. The highest BCUT2D eigenvalue weighted by Gasteiger charge is 2.59. The molecule has 2 amide bonds. The number of ether oxygens (including phenoxy) is 2. The lowest BCUT2D eigenvalue weighted by atomic mass is 9.99. The number of rotatable bonds is 10. The van der Waals surface area contributed by atoms with E-state index in [1.54, 1.807) is 56.5 Å². The smallest absolute Gasteiger partial charge is 0.333 e. The van der Waals surface area contributed by atoms with Crippen LogP contribution in [0.25, 0.3) is 0 Å². The van der Waals surface area contributed by atoms with Crippen LogP contribution in [-0.2, 0) is 34.6 Å². The maximum Gasteiger partial charge on any atom is 0.333 e. The van der Waals surface area contributed by atoms with E-state index in [0.717, 1.165) is 4.90 Å². The fourth-order valence-corrected chi connectivity index (χ4v) is 7.33. The maximum absolute atomic E-state index is 13.3. The fourth-order valence-electron chi connectivity index (χ4n) is 3.56. The third-order valence-electron chi connectivity index (χ3n) is 5.20. The number of nitrogens with zero attached hydrogens (tertiary/aromatic N) is 1. The molecule has 1 aliphatic heterocycles. The largest absolute Gasteiger partial charge is 0.497 e. The van der Waals surface area contributed by atoms with Crippen molar-refractivity contribution in [2.75, 3.05) is 13.7 Å². The lowest BCUT2D eigenvalue weighted by molar-refractivity contribution is -0.163. The van der Waals surface area contributed by atoms with Gasteiger partial charge >= 0.3 is 5.97 Å². The second-order valence-electron chi connectivity index (χ2n) is 8.00. The van der Waals surface area contributed by atoms with Crippen molar-refractivity contribution in [1.82, 2.24) is 10.2 Å². The lowest BCUT2D eigenvalue weighted by Gasteiger charge is -2.50. The van der Waals surface area contributed by atoms with Crippen LogP contribution >= 0.6 is 10.8 Å². The maximum atomic E-state index is 13.3. The molecule has 0 bridgehead atoms. The molecule has 1 saturated heterocycles. The first kappa shape index (κ1) is 26.3. The van der Waals surface area contributed by atoms with Crippen molar-refractivity contribution < 1.29 is 32.3 Å². The molecule has 2 aromatic carbocycles. The van der Waals surface area contributed by atoms with E-state index in [2.05, 4.69) is 11.9 Å². The van der Waals surface area contributed by atoms with E-state index in [4.69, 9.17) is 9.47 Å². The van der Waals surface area contributed by atoms with Gasteiger partial charge in [0.15, 0.2) is 10.9 Å². The molecule has 2 unspecified atom stereocenters. The van der Waals surface area contributed by atoms with Crippen LogP contribution in [0.5, 0.6) is 5.75 Å². The van der Waals surface area contributed by atoms with Crippen LogP contribution in [0.4, 0.5) is 0 Å². The van der Waals surface area contributed by atoms with Gasteiger partial charge in [-0.3, -0.25) is 9.59 Å². The monoisotopic (exact) mass is 518 g/mol. The molecule has 35 heavy (non-hydrogen) atoms. The van der Waals surface area contributed by atoms with Gasteiger partial charge in [0.25, 0.3) is 5.91 Å². The van der Waals surface area contributed by atoms with Crippen LogP contribution in [-0.4, -0.2) is 55.7 Å². The predicted octanol–water partition coefficient (Wildman–Crippen LogP) is 2.48. The number of likely N-dealkylation sites (tertiary alicyclic amines) is 1. The molecule has 0 aliphatic carbocycles. The van der Waals surface area contributed by atoms with Crippen molar-refractivity contribution in [2.45, 2.75) is 36.3 Å². The van der Waals surface area contributed by atoms with E-state index >= 15 is 0 Å². The Morgan fingerprint density at radius 1 is 1.14 bits per heavy atom. The molecule has 1 N–H and O–H groups in total. The average Bonchev–Trinajstić information content (AvgIpc) is 2.82. The topological polar surface area (TPSA) is 119 Å². The summed E-state index contributed by atoms with van der Waals surface area (Å²) in [5.74, 6) is -1.37. The van der Waals surface area contributed by atoms with E-state index in [0.29, 0.717) is 27.7 Å². The Hall–Kier alpha value is -3.31. The van der Waals surface area contributed by atoms with E-state index in [9.17, 15) is 22.8 Å². The second kappa shape index (κ2) is 10.5. The van der Waals surface area contributed by atoms with Crippen LogP contribution in [0, 0.1) is 0 Å². The Balaban J connectivity index is 1.77. The van der Waals surface area contributed by atoms with Gasteiger partial charge in [-0.25, -0.2) is 13.2 Å². The number of nitrogens with one attached hydrogen (secondary N) is 1. The summed E-state index contributed by atoms with van der Waals surface area (Å²) in [6.45, 7) is 6.29. The van der Waals surface area contributed by atoms with Crippen LogP contribution in [0.1, 0.15) is 19.4 Å². The Morgan fingerprint density at radius 3 is 2.29 bits per heavy atom. The molecule has 1 fully saturated rings. The van der Waals surface area contributed by atoms with Gasteiger partial charge in [0.05, 0.1) is 18.6 Å². The van der Waals surface area contributed by atoms with E-state index in [-0.39, 0.29) is 18.0 Å². The van der Waals surface area contributed by atoms with Crippen molar-refractivity contribution in [2.24, 2.45) is 0 Å². The highest BCUT2D eigenvalue weighted by Crippen LogP contribution is 2.42. The molecular formula is C24H26N2O7S2. The van der Waals surface area contributed by atoms with Crippen molar-refractivity contribution in [1.29, 1.82) is 0 Å². The zero-order valence-electron chi connectivity index (χ0n) is 19.5. The zero-order valence-corrected chi connectivity index (χ0v) is 21.1. The quantitative estimate of drug-likeness (QED) is 0.168. The normalized spacial score (nSPS) is 18.3. The van der Waals surface area contributed by atoms with Crippen molar-refractivity contribution in [3.63, 3.8) is 0 Å². The van der Waals surface area contributed by atoms with Gasteiger partial charge in [-0.1, -0.05) is 36.9 Å². The Morgan fingerprint density at radius 2 is 1.77 bits per heavy atom. The average molecular weight is 519 g/mol. The van der Waals surface area contributed by atoms with Gasteiger partial charge in [0, 0.05) is 17.7 Å². The Bertz CT molecular complexity index is 1230. The number of benzene rings is 2. The minimum absolute atomic E-state index is 0.00340. The molecule has 0 radical (unpaired) electrons. The van der Waals surface area contributed by atoms with Crippen molar-refractivity contribution in [3.05, 3.63) is 72.3 Å². The van der Waals surface area contributed by atoms with E-state index in [1.807, 2.05) is 0 Å². The molecule has 9 nitrogen and oxygen atoms in total. The van der Waals surface area contributed by atoms with Gasteiger partial charge in [-0.2, -0.15) is 0 Å². The minimum atomic E-state index is -3.99. The standard InChI is InChI=1S/C24H26N2O7S2/c1-16(2)21(22(28)33-14-18-10-12-19(32-4)13-11-18)26-15-24(23(26)29,25-17(3)27)34-35(30,31)20-8-6-5-7-9-20/h5-13,21H,1,14-15H2,2-4H3,(H,25,27). The van der Waals surface area contributed by atoms with E-state index < -0.39 is 37.6 Å². The Kier molecular flexibility index (Phi) is 7.91. The number of carbonyl (C=O) groups excluding carboxylic acids is 3. The summed E-state index contributed by atoms with van der Waals surface area (Å²) in [7, 11) is -2.11. The molecule has 1 aliphatic rings. The first-order chi connectivity index (χ1) is 16.5. The van der Waals surface area contributed by atoms with Gasteiger partial charge in [-0.15, -0.1) is 0 Å². The molecule has 0 aromatic heterocycles. The number of esters is 1. The predicted molar refractivity (Wildman–Crippen MR) is 131 cm³/mol. The number of amides is 2. The van der Waals surface area contributed by atoms with Gasteiger partial charge in [0.2, 0.25) is 14.8 Å². The molecule has 186 valence electrons. The number of carbonyl (C=O) groups is 3. The molecule has 3 rings (SSSR count). The third kappa shape index (κ3) is 5.85. The number of hydrogen-bond donors (Lipinski definition) is 1. The van der Waals surface area contributed by atoms with Gasteiger partial charge in [-0.05, 0) is 42.3 Å². The lowest BCUT2D eigenvalue weighted by Crippen LogP contribution is -2.75. The molecule has 1 heterocycles. The van der Waals surface area contributed by atoms with Crippen molar-refractivity contribution in [3.8, 4) is 5.75 Å². The summed E-state index contributed by atoms with van der Waals surface area (Å²) in [5.41, 5.74) is 1.05. The third-order valence-corrected chi connectivity index (χ3v) is 9.05. The first-order valence-electron chi connectivity index (χ1n) is 10.5. The highest BCUT2D eigenvalue weighted by atomic mass is 33.1.